The highest BCUT2D eigenvalue weighted by atomic mass is 79.9. The number of carbonyl (C=O) groups is 3. The van der Waals surface area contributed by atoms with Crippen molar-refractivity contribution in [3.63, 3.8) is 0 Å². The first-order chi connectivity index (χ1) is 19.8. The summed E-state index contributed by atoms with van der Waals surface area (Å²) in [5, 5.41) is 2.84. The van der Waals surface area contributed by atoms with Gasteiger partial charge in [0.25, 0.3) is 11.8 Å². The van der Waals surface area contributed by atoms with Gasteiger partial charge in [-0.25, -0.2) is 9.69 Å². The molecule has 41 heavy (non-hydrogen) atoms. The Morgan fingerprint density at radius 3 is 2.32 bits per heavy atom. The normalized spacial score (nSPS) is 14.3. The number of carbonyl (C=O) groups excluding carboxylic acids is 3. The van der Waals surface area contributed by atoms with Crippen molar-refractivity contribution in [3.8, 4) is 11.5 Å². The summed E-state index contributed by atoms with van der Waals surface area (Å²) in [5.41, 5.74) is 3.59. The molecule has 1 heterocycles. The third-order valence-electron chi connectivity index (χ3n) is 6.28. The van der Waals surface area contributed by atoms with Crippen molar-refractivity contribution >= 4 is 57.1 Å². The third-order valence-corrected chi connectivity index (χ3v) is 7.01. The molecular formula is C32H24BrClN2O5. The van der Waals surface area contributed by atoms with E-state index in [0.717, 1.165) is 26.1 Å². The number of imide groups is 2. The minimum absolute atomic E-state index is 0.213. The molecule has 4 aromatic rings. The smallest absolute Gasteiger partial charge is 0.335 e. The Balaban J connectivity index is 1.35. The van der Waals surface area contributed by atoms with Crippen molar-refractivity contribution < 1.29 is 23.9 Å². The molecule has 1 aliphatic heterocycles. The molecule has 7 nitrogen and oxygen atoms in total. The lowest BCUT2D eigenvalue weighted by Crippen LogP contribution is -2.54. The molecule has 0 aromatic heterocycles. The highest BCUT2D eigenvalue weighted by Crippen LogP contribution is 2.29. The highest BCUT2D eigenvalue weighted by molar-refractivity contribution is 9.10. The molecule has 0 saturated carbocycles. The molecule has 4 amide bonds. The number of urea groups is 1. The predicted octanol–water partition coefficient (Wildman–Crippen LogP) is 7.24. The van der Waals surface area contributed by atoms with Gasteiger partial charge in [0, 0.05) is 15.1 Å². The minimum atomic E-state index is -0.836. The van der Waals surface area contributed by atoms with Crippen molar-refractivity contribution in [3.05, 3.63) is 128 Å². The Bertz CT molecular complexity index is 1650. The van der Waals surface area contributed by atoms with Crippen LogP contribution in [0.15, 0.2) is 101 Å². The number of nitrogens with one attached hydrogen (secondary N) is 1. The van der Waals surface area contributed by atoms with Crippen molar-refractivity contribution in [1.29, 1.82) is 0 Å². The van der Waals surface area contributed by atoms with E-state index in [-0.39, 0.29) is 12.2 Å². The van der Waals surface area contributed by atoms with Gasteiger partial charge in [-0.3, -0.25) is 14.9 Å². The Morgan fingerprint density at radius 1 is 0.854 bits per heavy atom. The Morgan fingerprint density at radius 2 is 1.59 bits per heavy atom. The van der Waals surface area contributed by atoms with Crippen molar-refractivity contribution in [1.82, 2.24) is 5.32 Å². The lowest BCUT2D eigenvalue weighted by Gasteiger charge is -2.26. The number of rotatable bonds is 8. The standard InChI is InChI=1S/C32H24BrClN2O5/c1-20-5-7-21(8-6-20)18-40-27-12-10-26(11-13-27)36-31(38)28(30(37)35-32(36)39)17-23-16-24(33)9-14-29(23)41-19-22-3-2-4-25(34)15-22/h2-17H,18-19H2,1H3,(H,35,37,39)/b28-17+. The zero-order valence-electron chi connectivity index (χ0n) is 21.9. The zero-order valence-corrected chi connectivity index (χ0v) is 24.2. The van der Waals surface area contributed by atoms with Gasteiger partial charge in [0.05, 0.1) is 5.69 Å². The van der Waals surface area contributed by atoms with Gasteiger partial charge in [0.15, 0.2) is 0 Å². The summed E-state index contributed by atoms with van der Waals surface area (Å²) in [5.74, 6) is -0.538. The van der Waals surface area contributed by atoms with E-state index in [9.17, 15) is 14.4 Å². The average molecular weight is 632 g/mol. The quantitative estimate of drug-likeness (QED) is 0.164. The van der Waals surface area contributed by atoms with E-state index in [2.05, 4.69) is 21.2 Å². The predicted molar refractivity (Wildman–Crippen MR) is 161 cm³/mol. The summed E-state index contributed by atoms with van der Waals surface area (Å²) in [4.78, 5) is 39.9. The topological polar surface area (TPSA) is 84.9 Å². The van der Waals surface area contributed by atoms with Crippen LogP contribution in [0, 0.1) is 6.92 Å². The van der Waals surface area contributed by atoms with Gasteiger partial charge in [0.2, 0.25) is 0 Å². The molecule has 0 bridgehead atoms. The molecule has 0 aliphatic carbocycles. The lowest BCUT2D eigenvalue weighted by atomic mass is 10.1. The Hall–Kier alpha value is -4.40. The molecule has 4 aromatic carbocycles. The molecule has 5 rings (SSSR count). The minimum Gasteiger partial charge on any atom is -0.489 e. The molecule has 1 fully saturated rings. The van der Waals surface area contributed by atoms with Gasteiger partial charge in [0.1, 0.15) is 30.3 Å². The highest BCUT2D eigenvalue weighted by Gasteiger charge is 2.37. The monoisotopic (exact) mass is 630 g/mol. The summed E-state index contributed by atoms with van der Waals surface area (Å²) >= 11 is 9.51. The van der Waals surface area contributed by atoms with Crippen LogP contribution in [0.1, 0.15) is 22.3 Å². The van der Waals surface area contributed by atoms with E-state index in [4.69, 9.17) is 21.1 Å². The van der Waals surface area contributed by atoms with Crippen LogP contribution in [-0.4, -0.2) is 17.8 Å². The van der Waals surface area contributed by atoms with Gasteiger partial charge in [-0.05, 0) is 78.7 Å². The van der Waals surface area contributed by atoms with E-state index in [0.29, 0.717) is 34.4 Å². The fourth-order valence-corrected chi connectivity index (χ4v) is 4.73. The number of barbiturate groups is 1. The number of halogens is 2. The summed E-state index contributed by atoms with van der Waals surface area (Å²) in [6.07, 6.45) is 1.41. The summed E-state index contributed by atoms with van der Waals surface area (Å²) in [6, 6.07) is 26.2. The number of aryl methyl sites for hydroxylation is 1. The summed E-state index contributed by atoms with van der Waals surface area (Å²) in [6.45, 7) is 2.61. The summed E-state index contributed by atoms with van der Waals surface area (Å²) < 4.78 is 12.5. The van der Waals surface area contributed by atoms with Crippen LogP contribution in [0.2, 0.25) is 5.02 Å². The number of hydrogen-bond donors (Lipinski definition) is 1. The largest absolute Gasteiger partial charge is 0.489 e. The van der Waals surface area contributed by atoms with Crippen molar-refractivity contribution in [2.24, 2.45) is 0 Å². The molecule has 9 heteroatoms. The van der Waals surface area contributed by atoms with Gasteiger partial charge in [-0.1, -0.05) is 69.5 Å². The first kappa shape index (κ1) is 28.1. The molecule has 1 saturated heterocycles. The number of amides is 4. The first-order valence-electron chi connectivity index (χ1n) is 12.6. The van der Waals surface area contributed by atoms with Crippen LogP contribution in [0.5, 0.6) is 11.5 Å². The van der Waals surface area contributed by atoms with Gasteiger partial charge in [-0.15, -0.1) is 0 Å². The fourth-order valence-electron chi connectivity index (χ4n) is 4.14. The van der Waals surface area contributed by atoms with Crippen LogP contribution < -0.4 is 19.7 Å². The molecule has 0 atom stereocenters. The van der Waals surface area contributed by atoms with Crippen molar-refractivity contribution in [2.75, 3.05) is 4.90 Å². The molecule has 0 radical (unpaired) electrons. The number of ether oxygens (including phenoxy) is 2. The number of benzene rings is 4. The Labute approximate surface area is 250 Å². The van der Waals surface area contributed by atoms with E-state index in [1.54, 1.807) is 54.6 Å². The molecule has 206 valence electrons. The average Bonchev–Trinajstić information content (AvgIpc) is 2.95. The van der Waals surface area contributed by atoms with Crippen LogP contribution in [0.3, 0.4) is 0 Å². The van der Waals surface area contributed by atoms with Crippen molar-refractivity contribution in [2.45, 2.75) is 20.1 Å². The first-order valence-corrected chi connectivity index (χ1v) is 13.8. The maximum Gasteiger partial charge on any atom is 0.335 e. The molecule has 1 aliphatic rings. The summed E-state index contributed by atoms with van der Waals surface area (Å²) in [7, 11) is 0. The lowest BCUT2D eigenvalue weighted by molar-refractivity contribution is -0.122. The van der Waals surface area contributed by atoms with E-state index in [1.165, 1.54) is 6.08 Å². The van der Waals surface area contributed by atoms with Gasteiger partial charge in [-0.2, -0.15) is 0 Å². The van der Waals surface area contributed by atoms with E-state index in [1.807, 2.05) is 43.3 Å². The fraction of sp³-hybridized carbons (Fsp3) is 0.0938. The van der Waals surface area contributed by atoms with Crippen LogP contribution in [0.25, 0.3) is 6.08 Å². The van der Waals surface area contributed by atoms with Crippen LogP contribution >= 0.6 is 27.5 Å². The number of hydrogen-bond acceptors (Lipinski definition) is 5. The van der Waals surface area contributed by atoms with Crippen LogP contribution in [0.4, 0.5) is 10.5 Å². The maximum absolute atomic E-state index is 13.5. The zero-order chi connectivity index (χ0) is 28.9. The molecular weight excluding hydrogens is 608 g/mol. The van der Waals surface area contributed by atoms with E-state index >= 15 is 0 Å². The third kappa shape index (κ3) is 6.85. The van der Waals surface area contributed by atoms with E-state index < -0.39 is 17.8 Å². The molecule has 0 spiro atoms. The Kier molecular flexibility index (Phi) is 8.52. The molecule has 1 N–H and O–H groups in total. The van der Waals surface area contributed by atoms with Crippen LogP contribution in [-0.2, 0) is 22.8 Å². The second-order valence-electron chi connectivity index (χ2n) is 9.33. The van der Waals surface area contributed by atoms with Gasteiger partial charge >= 0.3 is 6.03 Å². The second-order valence-corrected chi connectivity index (χ2v) is 10.7. The number of anilines is 1. The SMILES string of the molecule is Cc1ccc(COc2ccc(N3C(=O)NC(=O)/C(=C\c4cc(Br)ccc4OCc4cccc(Cl)c4)C3=O)cc2)cc1. The second kappa shape index (κ2) is 12.4. The molecule has 0 unspecified atom stereocenters. The number of nitrogens with zero attached hydrogens (tertiary/aromatic N) is 1. The van der Waals surface area contributed by atoms with Gasteiger partial charge < -0.3 is 9.47 Å². The maximum atomic E-state index is 13.5.